The number of carbonyl (C=O) groups excluding carboxylic acids is 1. The van der Waals surface area contributed by atoms with Crippen LogP contribution in [0.25, 0.3) is 0 Å². The number of carbonyl (C=O) groups is 1. The van der Waals surface area contributed by atoms with E-state index in [9.17, 15) is 13.2 Å². The quantitative estimate of drug-likeness (QED) is 0.370. The summed E-state index contributed by atoms with van der Waals surface area (Å²) in [6, 6.07) is 6.65. The lowest BCUT2D eigenvalue weighted by molar-refractivity contribution is -0.146. The van der Waals surface area contributed by atoms with Gasteiger partial charge in [-0.3, -0.25) is 4.79 Å². The van der Waals surface area contributed by atoms with Gasteiger partial charge >= 0.3 is 5.97 Å². The predicted octanol–water partition coefficient (Wildman–Crippen LogP) is 4.15. The molecule has 1 saturated heterocycles. The van der Waals surface area contributed by atoms with Crippen LogP contribution >= 0.6 is 0 Å². The van der Waals surface area contributed by atoms with Gasteiger partial charge in [-0.25, -0.2) is 8.42 Å². The molecule has 0 bridgehead atoms. The van der Waals surface area contributed by atoms with Gasteiger partial charge in [0.15, 0.2) is 6.10 Å². The van der Waals surface area contributed by atoms with E-state index in [0.29, 0.717) is 18.3 Å². The molecular formula is C24H33NO4S. The highest BCUT2D eigenvalue weighted by Crippen LogP contribution is 2.56. The highest BCUT2D eigenvalue weighted by atomic mass is 32.2. The van der Waals surface area contributed by atoms with Crippen molar-refractivity contribution in [3.05, 3.63) is 29.8 Å². The van der Waals surface area contributed by atoms with Crippen molar-refractivity contribution in [3.8, 4) is 11.8 Å². The molecule has 6 heteroatoms. The number of aryl methyl sites for hydroxylation is 1. The Labute approximate surface area is 181 Å². The molecule has 1 aromatic rings. The average molecular weight is 432 g/mol. The summed E-state index contributed by atoms with van der Waals surface area (Å²) in [7, 11) is -3.76. The molecule has 0 amide bonds. The van der Waals surface area contributed by atoms with Crippen molar-refractivity contribution in [2.75, 3.05) is 0 Å². The predicted molar refractivity (Wildman–Crippen MR) is 117 cm³/mol. The standard InChI is InChI=1S/C24H33NO4S/c1-16(2)15-22-24(17(3)4,23(29-19(6)26)14-11-20-9-10-20)25(22)30(27,28)21-12-7-18(5)8-13-21/h7-8,12-13,16-17,20,22-23H,9-10,15H2,1-6H3/t22-,23+,24+,25?/m0/s1. The topological polar surface area (TPSA) is 63.5 Å². The maximum Gasteiger partial charge on any atom is 0.303 e. The fourth-order valence-corrected chi connectivity index (χ4v) is 6.44. The molecule has 30 heavy (non-hydrogen) atoms. The molecule has 1 saturated carbocycles. The van der Waals surface area contributed by atoms with Crippen molar-refractivity contribution in [1.82, 2.24) is 4.31 Å². The molecule has 0 N–H and O–H groups in total. The van der Waals surface area contributed by atoms with Crippen LogP contribution < -0.4 is 0 Å². The first kappa shape index (κ1) is 22.8. The molecule has 1 aliphatic carbocycles. The van der Waals surface area contributed by atoms with E-state index in [1.54, 1.807) is 28.6 Å². The SMILES string of the molecule is CC(=O)O[C@H](C#CC1CC1)[C@@]1(C(C)C)[C@H](CC(C)C)N1S(=O)(=O)c1ccc(C)cc1. The highest BCUT2D eigenvalue weighted by molar-refractivity contribution is 7.89. The molecule has 2 fully saturated rings. The third-order valence-electron chi connectivity index (χ3n) is 6.03. The van der Waals surface area contributed by atoms with Crippen molar-refractivity contribution >= 4 is 16.0 Å². The van der Waals surface area contributed by atoms with Crippen LogP contribution in [0.5, 0.6) is 0 Å². The first-order valence-corrected chi connectivity index (χ1v) is 12.2. The molecule has 5 nitrogen and oxygen atoms in total. The van der Waals surface area contributed by atoms with E-state index in [-0.39, 0.29) is 16.9 Å². The summed E-state index contributed by atoms with van der Waals surface area (Å²) in [5, 5.41) is 0. The van der Waals surface area contributed by atoms with Crippen LogP contribution in [0.3, 0.4) is 0 Å². The van der Waals surface area contributed by atoms with Crippen molar-refractivity contribution in [2.24, 2.45) is 17.8 Å². The molecule has 1 heterocycles. The average Bonchev–Trinajstić information content (AvgIpc) is 3.53. The molecule has 3 rings (SSSR count). The molecule has 0 radical (unpaired) electrons. The summed E-state index contributed by atoms with van der Waals surface area (Å²) in [6.45, 7) is 11.4. The normalized spacial score (nSPS) is 26.8. The Morgan fingerprint density at radius 2 is 1.80 bits per heavy atom. The van der Waals surface area contributed by atoms with Crippen molar-refractivity contribution in [3.63, 3.8) is 0 Å². The van der Waals surface area contributed by atoms with E-state index in [0.717, 1.165) is 18.4 Å². The van der Waals surface area contributed by atoms with Gasteiger partial charge in [-0.2, -0.15) is 4.31 Å². The molecule has 0 spiro atoms. The number of nitrogens with zero attached hydrogens (tertiary/aromatic N) is 1. The van der Waals surface area contributed by atoms with Crippen LogP contribution in [0.2, 0.25) is 0 Å². The molecule has 164 valence electrons. The summed E-state index contributed by atoms with van der Waals surface area (Å²) < 4.78 is 34.7. The molecule has 4 atom stereocenters. The van der Waals surface area contributed by atoms with Gasteiger partial charge in [0, 0.05) is 12.8 Å². The Bertz CT molecular complexity index is 951. The van der Waals surface area contributed by atoms with E-state index in [2.05, 4.69) is 25.7 Å². The maximum absolute atomic E-state index is 13.7. The molecular weight excluding hydrogens is 398 g/mol. The smallest absolute Gasteiger partial charge is 0.303 e. The number of hydrogen-bond acceptors (Lipinski definition) is 4. The Morgan fingerprint density at radius 1 is 1.20 bits per heavy atom. The third-order valence-corrected chi connectivity index (χ3v) is 7.98. The fourth-order valence-electron chi connectivity index (χ4n) is 4.34. The minimum Gasteiger partial charge on any atom is -0.447 e. The van der Waals surface area contributed by atoms with E-state index in [1.807, 2.05) is 20.8 Å². The monoisotopic (exact) mass is 431 g/mol. The van der Waals surface area contributed by atoms with Crippen LogP contribution in [0.4, 0.5) is 0 Å². The minimum atomic E-state index is -3.76. The van der Waals surface area contributed by atoms with Gasteiger partial charge in [-0.15, -0.1) is 0 Å². The fraction of sp³-hybridized carbons (Fsp3) is 0.625. The summed E-state index contributed by atoms with van der Waals surface area (Å²) in [5.41, 5.74) is 0.142. The first-order chi connectivity index (χ1) is 14.0. The second kappa shape index (κ2) is 8.36. The largest absolute Gasteiger partial charge is 0.447 e. The summed E-state index contributed by atoms with van der Waals surface area (Å²) in [5.74, 6) is 6.49. The molecule has 0 aromatic heterocycles. The molecule has 1 unspecified atom stereocenters. The zero-order valence-electron chi connectivity index (χ0n) is 18.8. The van der Waals surface area contributed by atoms with Gasteiger partial charge in [0.2, 0.25) is 10.0 Å². The summed E-state index contributed by atoms with van der Waals surface area (Å²) in [6.07, 6.45) is 2.01. The maximum atomic E-state index is 13.7. The highest BCUT2D eigenvalue weighted by Gasteiger charge is 2.74. The Morgan fingerprint density at radius 3 is 2.27 bits per heavy atom. The van der Waals surface area contributed by atoms with E-state index in [4.69, 9.17) is 4.74 Å². The van der Waals surface area contributed by atoms with Crippen molar-refractivity contribution in [2.45, 2.75) is 83.4 Å². The van der Waals surface area contributed by atoms with Gasteiger partial charge in [0.25, 0.3) is 0 Å². The minimum absolute atomic E-state index is 0.0701. The number of sulfonamides is 1. The van der Waals surface area contributed by atoms with E-state index < -0.39 is 27.6 Å². The van der Waals surface area contributed by atoms with Crippen LogP contribution in [0.15, 0.2) is 29.2 Å². The van der Waals surface area contributed by atoms with E-state index in [1.165, 1.54) is 6.92 Å². The van der Waals surface area contributed by atoms with Gasteiger partial charge in [0.1, 0.15) is 5.54 Å². The second-order valence-corrected chi connectivity index (χ2v) is 11.2. The lowest BCUT2D eigenvalue weighted by Crippen LogP contribution is -2.43. The lowest BCUT2D eigenvalue weighted by Gasteiger charge is -2.28. The molecule has 2 aliphatic rings. The number of ether oxygens (including phenoxy) is 1. The second-order valence-electron chi connectivity index (χ2n) is 9.35. The van der Waals surface area contributed by atoms with Crippen LogP contribution in [-0.4, -0.2) is 36.4 Å². The number of esters is 1. The zero-order chi connectivity index (χ0) is 22.3. The van der Waals surface area contributed by atoms with Gasteiger partial charge in [-0.05, 0) is 50.2 Å². The molecule has 1 aliphatic heterocycles. The molecule has 1 aromatic carbocycles. The lowest BCUT2D eigenvalue weighted by atomic mass is 9.83. The van der Waals surface area contributed by atoms with E-state index >= 15 is 0 Å². The van der Waals surface area contributed by atoms with Crippen LogP contribution in [-0.2, 0) is 19.6 Å². The van der Waals surface area contributed by atoms with Gasteiger partial charge in [-0.1, -0.05) is 57.2 Å². The van der Waals surface area contributed by atoms with Crippen molar-refractivity contribution < 1.29 is 17.9 Å². The number of rotatable bonds is 7. The van der Waals surface area contributed by atoms with Gasteiger partial charge < -0.3 is 4.74 Å². The Kier molecular flexibility index (Phi) is 6.36. The van der Waals surface area contributed by atoms with Crippen LogP contribution in [0.1, 0.15) is 59.4 Å². The zero-order valence-corrected chi connectivity index (χ0v) is 19.6. The number of hydrogen-bond donors (Lipinski definition) is 0. The number of benzene rings is 1. The first-order valence-electron chi connectivity index (χ1n) is 10.8. The Hall–Kier alpha value is -1.84. The summed E-state index contributed by atoms with van der Waals surface area (Å²) in [4.78, 5) is 12.2. The third kappa shape index (κ3) is 4.29. The van der Waals surface area contributed by atoms with Crippen molar-refractivity contribution in [1.29, 1.82) is 0 Å². The van der Waals surface area contributed by atoms with Gasteiger partial charge in [0.05, 0.1) is 10.9 Å². The summed E-state index contributed by atoms with van der Waals surface area (Å²) >= 11 is 0. The Balaban J connectivity index is 2.10. The van der Waals surface area contributed by atoms with Crippen LogP contribution in [0, 0.1) is 36.5 Å².